The second-order valence-electron chi connectivity index (χ2n) is 5.07. The number of hydrogen-bond donors (Lipinski definition) is 0. The van der Waals surface area contributed by atoms with E-state index in [4.69, 9.17) is 4.74 Å². The number of aromatic nitrogens is 3. The zero-order valence-electron chi connectivity index (χ0n) is 13.0. The molecule has 1 amide bonds. The average molecular weight is 324 g/mol. The molecule has 0 spiro atoms. The lowest BCUT2D eigenvalue weighted by molar-refractivity contribution is -0.129. The molecule has 0 fully saturated rings. The Kier molecular flexibility index (Phi) is 5.75. The van der Waals surface area contributed by atoms with E-state index >= 15 is 0 Å². The Labute approximate surface area is 132 Å². The van der Waals surface area contributed by atoms with Gasteiger partial charge in [-0.3, -0.25) is 4.79 Å². The van der Waals surface area contributed by atoms with Crippen LogP contribution in [0.3, 0.4) is 0 Å². The number of amides is 1. The van der Waals surface area contributed by atoms with Gasteiger partial charge in [-0.15, -0.1) is 10.2 Å². The lowest BCUT2D eigenvalue weighted by Gasteiger charge is -2.17. The first-order valence-corrected chi connectivity index (χ1v) is 7.05. The predicted octanol–water partition coefficient (Wildman–Crippen LogP) is 1.40. The summed E-state index contributed by atoms with van der Waals surface area (Å²) in [7, 11) is 3.17. The van der Waals surface area contributed by atoms with E-state index in [-0.39, 0.29) is 24.4 Å². The molecule has 8 heteroatoms. The molecule has 0 aliphatic carbocycles. The predicted molar refractivity (Wildman–Crippen MR) is 78.4 cm³/mol. The Morgan fingerprint density at radius 1 is 1.39 bits per heavy atom. The van der Waals surface area contributed by atoms with Gasteiger partial charge < -0.3 is 14.2 Å². The Morgan fingerprint density at radius 2 is 2.17 bits per heavy atom. The molecule has 0 bridgehead atoms. The summed E-state index contributed by atoms with van der Waals surface area (Å²) in [6, 6.07) is 3.79. The summed E-state index contributed by atoms with van der Waals surface area (Å²) >= 11 is 0. The third-order valence-electron chi connectivity index (χ3n) is 3.41. The Balaban J connectivity index is 2.00. The van der Waals surface area contributed by atoms with E-state index in [9.17, 15) is 13.6 Å². The monoisotopic (exact) mass is 324 g/mol. The number of nitrogens with zero attached hydrogens (tertiary/aromatic N) is 4. The largest absolute Gasteiger partial charge is 0.383 e. The highest BCUT2D eigenvalue weighted by molar-refractivity contribution is 5.78. The standard InChI is InChI=1S/C15H18F2N4O2/c1-20(9-13-19-18-10-21(13)6-7-23-2)14(22)8-11-4-3-5-12(16)15(11)17/h3-5,10H,6-9H2,1-2H3. The normalized spacial score (nSPS) is 10.8. The molecule has 0 radical (unpaired) electrons. The lowest BCUT2D eigenvalue weighted by Crippen LogP contribution is -2.29. The fraction of sp³-hybridized carbons (Fsp3) is 0.400. The molecule has 0 saturated carbocycles. The van der Waals surface area contributed by atoms with Crippen LogP contribution in [0.5, 0.6) is 0 Å². The number of hydrogen-bond acceptors (Lipinski definition) is 4. The highest BCUT2D eigenvalue weighted by atomic mass is 19.2. The van der Waals surface area contributed by atoms with E-state index in [1.165, 1.54) is 17.0 Å². The topological polar surface area (TPSA) is 60.2 Å². The summed E-state index contributed by atoms with van der Waals surface area (Å²) in [6.07, 6.45) is 1.34. The van der Waals surface area contributed by atoms with E-state index in [2.05, 4.69) is 10.2 Å². The summed E-state index contributed by atoms with van der Waals surface area (Å²) in [5, 5.41) is 7.77. The molecule has 0 N–H and O–H groups in total. The fourth-order valence-electron chi connectivity index (χ4n) is 2.06. The fourth-order valence-corrected chi connectivity index (χ4v) is 2.06. The number of halogens is 2. The van der Waals surface area contributed by atoms with Crippen molar-refractivity contribution in [1.29, 1.82) is 0 Å². The Bertz CT molecular complexity index is 675. The molecule has 1 aromatic heterocycles. The molecule has 2 aromatic rings. The van der Waals surface area contributed by atoms with Crippen molar-refractivity contribution in [3.05, 3.63) is 47.5 Å². The van der Waals surface area contributed by atoms with Crippen LogP contribution in [0.25, 0.3) is 0 Å². The molecule has 1 aromatic carbocycles. The van der Waals surface area contributed by atoms with E-state index in [1.54, 1.807) is 25.1 Å². The smallest absolute Gasteiger partial charge is 0.227 e. The van der Waals surface area contributed by atoms with Crippen LogP contribution in [0.2, 0.25) is 0 Å². The molecule has 124 valence electrons. The molecule has 2 rings (SSSR count). The zero-order valence-corrected chi connectivity index (χ0v) is 13.0. The SMILES string of the molecule is COCCn1cnnc1CN(C)C(=O)Cc1cccc(F)c1F. The second kappa shape index (κ2) is 7.77. The average Bonchev–Trinajstić information content (AvgIpc) is 2.96. The maximum atomic E-state index is 13.6. The highest BCUT2D eigenvalue weighted by Crippen LogP contribution is 2.13. The molecular formula is C15H18F2N4O2. The molecule has 0 unspecified atom stereocenters. The van der Waals surface area contributed by atoms with Gasteiger partial charge in [0.2, 0.25) is 5.91 Å². The lowest BCUT2D eigenvalue weighted by atomic mass is 10.1. The number of carbonyl (C=O) groups is 1. The van der Waals surface area contributed by atoms with Crippen molar-refractivity contribution in [2.24, 2.45) is 0 Å². The zero-order chi connectivity index (χ0) is 16.8. The van der Waals surface area contributed by atoms with Crippen LogP contribution in [-0.2, 0) is 29.0 Å². The first-order valence-electron chi connectivity index (χ1n) is 7.05. The van der Waals surface area contributed by atoms with Crippen LogP contribution < -0.4 is 0 Å². The molecule has 0 atom stereocenters. The van der Waals surface area contributed by atoms with Crippen molar-refractivity contribution < 1.29 is 18.3 Å². The number of methoxy groups -OCH3 is 1. The molecule has 0 aliphatic heterocycles. The van der Waals surface area contributed by atoms with Gasteiger partial charge in [0, 0.05) is 26.3 Å². The second-order valence-corrected chi connectivity index (χ2v) is 5.07. The van der Waals surface area contributed by atoms with Crippen LogP contribution >= 0.6 is 0 Å². The van der Waals surface area contributed by atoms with E-state index in [1.807, 2.05) is 0 Å². The van der Waals surface area contributed by atoms with Gasteiger partial charge in [0.05, 0.1) is 19.6 Å². The van der Waals surface area contributed by atoms with Crippen molar-refractivity contribution in [3.63, 3.8) is 0 Å². The molecule has 1 heterocycles. The summed E-state index contributed by atoms with van der Waals surface area (Å²) in [6.45, 7) is 1.29. The Morgan fingerprint density at radius 3 is 2.91 bits per heavy atom. The third-order valence-corrected chi connectivity index (χ3v) is 3.41. The highest BCUT2D eigenvalue weighted by Gasteiger charge is 2.17. The van der Waals surface area contributed by atoms with Crippen molar-refractivity contribution in [2.45, 2.75) is 19.5 Å². The first kappa shape index (κ1) is 17.0. The number of rotatable bonds is 7. The molecular weight excluding hydrogens is 306 g/mol. The van der Waals surface area contributed by atoms with E-state index < -0.39 is 11.6 Å². The van der Waals surface area contributed by atoms with Crippen molar-refractivity contribution in [3.8, 4) is 0 Å². The van der Waals surface area contributed by atoms with Crippen LogP contribution in [-0.4, -0.2) is 46.3 Å². The van der Waals surface area contributed by atoms with Gasteiger partial charge >= 0.3 is 0 Å². The molecule has 0 saturated heterocycles. The van der Waals surface area contributed by atoms with Gasteiger partial charge in [0.1, 0.15) is 6.33 Å². The van der Waals surface area contributed by atoms with Crippen molar-refractivity contribution in [2.75, 3.05) is 20.8 Å². The van der Waals surface area contributed by atoms with Gasteiger partial charge in [-0.1, -0.05) is 12.1 Å². The molecule has 6 nitrogen and oxygen atoms in total. The minimum Gasteiger partial charge on any atom is -0.383 e. The Hall–Kier alpha value is -2.35. The number of carbonyl (C=O) groups excluding carboxylic acids is 1. The van der Waals surface area contributed by atoms with Crippen molar-refractivity contribution >= 4 is 5.91 Å². The molecule has 23 heavy (non-hydrogen) atoms. The maximum Gasteiger partial charge on any atom is 0.227 e. The van der Waals surface area contributed by atoms with E-state index in [0.29, 0.717) is 19.0 Å². The number of ether oxygens (including phenoxy) is 1. The van der Waals surface area contributed by atoms with Crippen LogP contribution in [0.4, 0.5) is 8.78 Å². The van der Waals surface area contributed by atoms with Crippen LogP contribution in [0.15, 0.2) is 24.5 Å². The minimum absolute atomic E-state index is 0.0303. The number of likely N-dealkylation sites (N-methyl/N-ethyl adjacent to an activating group) is 1. The summed E-state index contributed by atoms with van der Waals surface area (Å²) < 4.78 is 33.6. The summed E-state index contributed by atoms with van der Waals surface area (Å²) in [5.41, 5.74) is 0.0303. The van der Waals surface area contributed by atoms with Gasteiger partial charge in [0.15, 0.2) is 17.5 Å². The first-order chi connectivity index (χ1) is 11.0. The van der Waals surface area contributed by atoms with Gasteiger partial charge in [0.25, 0.3) is 0 Å². The van der Waals surface area contributed by atoms with Crippen molar-refractivity contribution in [1.82, 2.24) is 19.7 Å². The van der Waals surface area contributed by atoms with Gasteiger partial charge in [-0.2, -0.15) is 0 Å². The van der Waals surface area contributed by atoms with Gasteiger partial charge in [-0.05, 0) is 6.07 Å². The van der Waals surface area contributed by atoms with Crippen LogP contribution in [0, 0.1) is 11.6 Å². The van der Waals surface area contributed by atoms with Crippen LogP contribution in [0.1, 0.15) is 11.4 Å². The summed E-state index contributed by atoms with van der Waals surface area (Å²) in [4.78, 5) is 13.6. The molecule has 0 aliphatic rings. The minimum atomic E-state index is -0.988. The van der Waals surface area contributed by atoms with Gasteiger partial charge in [-0.25, -0.2) is 8.78 Å². The number of benzene rings is 1. The maximum absolute atomic E-state index is 13.6. The quantitative estimate of drug-likeness (QED) is 0.772. The third kappa shape index (κ3) is 4.32. The summed E-state index contributed by atoms with van der Waals surface area (Å²) in [5.74, 6) is -1.69. The van der Waals surface area contributed by atoms with E-state index in [0.717, 1.165) is 6.07 Å².